The number of nitrogens with zero attached hydrogens (tertiary/aromatic N) is 1. The van der Waals surface area contributed by atoms with Crippen LogP contribution in [0.1, 0.15) is 222 Å². The number of carbonyl (C=O) groups excluding carboxylic acids is 1. The molecule has 0 rings (SSSR count). The lowest BCUT2D eigenvalue weighted by molar-refractivity contribution is -0.150. The molecule has 5 nitrogen and oxygen atoms in total. The van der Waals surface area contributed by atoms with E-state index in [-0.39, 0.29) is 13.5 Å². The van der Waals surface area contributed by atoms with Crippen LogP contribution in [0.15, 0.2) is 12.3 Å². The van der Waals surface area contributed by atoms with Crippen molar-refractivity contribution >= 4 is 5.97 Å². The van der Waals surface area contributed by atoms with Gasteiger partial charge < -0.3 is 19.7 Å². The lowest BCUT2D eigenvalue weighted by Crippen LogP contribution is -2.31. The Bertz CT molecular complexity index is 707. The van der Waals surface area contributed by atoms with Crippen LogP contribution in [0, 0.1) is 0 Å². The summed E-state index contributed by atoms with van der Waals surface area (Å²) < 4.78 is 11.9. The number of carbonyl (C=O) groups is 1. The Kier molecular flexibility index (Phi) is 35.9. The van der Waals surface area contributed by atoms with Crippen LogP contribution in [0.5, 0.6) is 0 Å². The summed E-state index contributed by atoms with van der Waals surface area (Å²) in [6.45, 7) is 15.3. The summed E-state index contributed by atoms with van der Waals surface area (Å²) in [7, 11) is 4.33. The minimum Gasteiger partial charge on any atom is -0.496 e. The minimum absolute atomic E-state index is 0. The van der Waals surface area contributed by atoms with Gasteiger partial charge in [0.2, 0.25) is 0 Å². The number of rotatable bonds is 39. The number of allylic oxidation sites excluding steroid dienone is 1. The number of esters is 1. The molecule has 0 spiro atoms. The molecule has 0 heterocycles. The summed E-state index contributed by atoms with van der Waals surface area (Å²) in [6.07, 6.45) is 36.7. The van der Waals surface area contributed by atoms with E-state index < -0.39 is 0 Å². The van der Waals surface area contributed by atoms with E-state index in [4.69, 9.17) is 9.47 Å². The van der Waals surface area contributed by atoms with Gasteiger partial charge in [-0.05, 0) is 98.3 Å². The van der Waals surface area contributed by atoms with Crippen LogP contribution in [0.25, 0.3) is 0 Å². The van der Waals surface area contributed by atoms with Crippen molar-refractivity contribution in [2.24, 2.45) is 0 Å². The van der Waals surface area contributed by atoms with E-state index in [0.717, 1.165) is 57.4 Å². The number of hydrogen-bond donors (Lipinski definition) is 1. The Morgan fingerprint density at radius 2 is 1.06 bits per heavy atom. The van der Waals surface area contributed by atoms with Gasteiger partial charge in [0.25, 0.3) is 0 Å². The lowest BCUT2D eigenvalue weighted by atomic mass is 9.99. The zero-order valence-electron chi connectivity index (χ0n) is 34.2. The Hall–Kier alpha value is -1.07. The van der Waals surface area contributed by atoms with Crippen LogP contribution >= 0.6 is 0 Å². The molecule has 0 aromatic heterocycles. The highest BCUT2D eigenvalue weighted by Gasteiger charge is 2.14. The Morgan fingerprint density at radius 3 is 1.59 bits per heavy atom. The second-order valence-corrected chi connectivity index (χ2v) is 15.5. The largest absolute Gasteiger partial charge is 0.496 e. The first kappa shape index (κ1) is 47.9. The lowest BCUT2D eigenvalue weighted by Gasteiger charge is -2.20. The molecule has 0 bridgehead atoms. The molecule has 1 N–H and O–H groups in total. The minimum atomic E-state index is 0. The molecule has 0 amide bonds. The summed E-state index contributed by atoms with van der Waals surface area (Å²) in [6, 6.07) is 0.656. The van der Waals surface area contributed by atoms with E-state index in [0.29, 0.717) is 18.6 Å². The molecule has 0 aromatic rings. The number of ether oxygens (including phenoxy) is 2. The number of hydrogen-bond acceptors (Lipinski definition) is 5. The van der Waals surface area contributed by atoms with Gasteiger partial charge in [-0.25, -0.2) is 0 Å². The molecule has 294 valence electrons. The molecule has 0 saturated heterocycles. The molecule has 2 atom stereocenters. The molecule has 0 aliphatic carbocycles. The SMILES string of the molecule is C=C(CCCCCCCCC(CCCCCCCCC(=O)OC(CCCCCC)CCCCCC)NCCCN(C)C)OC(C)CCCC.[HH]. The summed E-state index contributed by atoms with van der Waals surface area (Å²) in [5.41, 5.74) is 0. The van der Waals surface area contributed by atoms with E-state index in [2.05, 4.69) is 58.6 Å². The van der Waals surface area contributed by atoms with Gasteiger partial charge in [-0.3, -0.25) is 4.79 Å². The first-order valence-electron chi connectivity index (χ1n) is 21.7. The fraction of sp³-hybridized carbons (Fsp3) is 0.932. The quantitative estimate of drug-likeness (QED) is 0.0394. The first-order chi connectivity index (χ1) is 23.8. The maximum absolute atomic E-state index is 12.6. The zero-order valence-corrected chi connectivity index (χ0v) is 34.2. The molecule has 2 unspecified atom stereocenters. The summed E-state index contributed by atoms with van der Waals surface area (Å²) >= 11 is 0. The zero-order chi connectivity index (χ0) is 36.2. The van der Waals surface area contributed by atoms with Gasteiger partial charge in [-0.1, -0.05) is 143 Å². The third-order valence-corrected chi connectivity index (χ3v) is 10.0. The Morgan fingerprint density at radius 1 is 0.592 bits per heavy atom. The van der Waals surface area contributed by atoms with Crippen molar-refractivity contribution in [1.82, 2.24) is 10.2 Å². The van der Waals surface area contributed by atoms with Gasteiger partial charge in [-0.15, -0.1) is 0 Å². The van der Waals surface area contributed by atoms with E-state index in [1.165, 1.54) is 148 Å². The van der Waals surface area contributed by atoms with E-state index in [1.807, 2.05) is 0 Å². The monoisotopic (exact) mass is 695 g/mol. The Labute approximate surface area is 309 Å². The summed E-state index contributed by atoms with van der Waals surface area (Å²) in [5, 5.41) is 3.90. The van der Waals surface area contributed by atoms with Crippen molar-refractivity contribution in [2.75, 3.05) is 27.2 Å². The summed E-state index contributed by atoms with van der Waals surface area (Å²) in [5.74, 6) is 1.03. The van der Waals surface area contributed by atoms with E-state index in [9.17, 15) is 4.79 Å². The van der Waals surface area contributed by atoms with Crippen molar-refractivity contribution in [3.8, 4) is 0 Å². The van der Waals surface area contributed by atoms with Crippen LogP contribution in [0.3, 0.4) is 0 Å². The first-order valence-corrected chi connectivity index (χ1v) is 21.7. The van der Waals surface area contributed by atoms with Crippen molar-refractivity contribution in [3.63, 3.8) is 0 Å². The average Bonchev–Trinajstić information content (AvgIpc) is 3.07. The average molecular weight is 695 g/mol. The molecule has 0 aliphatic rings. The molecule has 49 heavy (non-hydrogen) atoms. The maximum Gasteiger partial charge on any atom is 0.306 e. The maximum atomic E-state index is 12.6. The van der Waals surface area contributed by atoms with Crippen LogP contribution in [-0.4, -0.2) is 56.3 Å². The molecule has 0 aliphatic heterocycles. The highest BCUT2D eigenvalue weighted by Crippen LogP contribution is 2.19. The molecular weight excluding hydrogens is 604 g/mol. The van der Waals surface area contributed by atoms with E-state index >= 15 is 0 Å². The van der Waals surface area contributed by atoms with Gasteiger partial charge >= 0.3 is 5.97 Å². The smallest absolute Gasteiger partial charge is 0.306 e. The highest BCUT2D eigenvalue weighted by atomic mass is 16.5. The van der Waals surface area contributed by atoms with Crippen LogP contribution in [0.2, 0.25) is 0 Å². The third kappa shape index (κ3) is 35.1. The van der Waals surface area contributed by atoms with Crippen LogP contribution in [0.4, 0.5) is 0 Å². The van der Waals surface area contributed by atoms with Gasteiger partial charge in [0.15, 0.2) is 0 Å². The Balaban J connectivity index is 0. The topological polar surface area (TPSA) is 50.8 Å². The highest BCUT2D eigenvalue weighted by molar-refractivity contribution is 5.69. The van der Waals surface area contributed by atoms with Crippen molar-refractivity contribution in [2.45, 2.75) is 239 Å². The van der Waals surface area contributed by atoms with Crippen LogP contribution in [-0.2, 0) is 14.3 Å². The molecule has 5 heteroatoms. The van der Waals surface area contributed by atoms with Gasteiger partial charge in [0.05, 0.1) is 11.9 Å². The second kappa shape index (κ2) is 36.7. The van der Waals surface area contributed by atoms with Crippen LogP contribution < -0.4 is 5.32 Å². The fourth-order valence-electron chi connectivity index (χ4n) is 6.84. The van der Waals surface area contributed by atoms with Gasteiger partial charge in [0, 0.05) is 20.3 Å². The van der Waals surface area contributed by atoms with Crippen molar-refractivity contribution in [3.05, 3.63) is 12.3 Å². The molecule has 0 aromatic carbocycles. The fourth-order valence-corrected chi connectivity index (χ4v) is 6.84. The number of nitrogens with one attached hydrogen (secondary N) is 1. The standard InChI is InChI=1S/C44H88N2O3.H2/c1-8-11-14-27-35-43(36-28-15-12-9-2)49-44(47)37-29-23-19-18-22-26-34-42(45-38-30-39-46(6)7)33-25-21-17-16-20-24-32-41(5)48-40(4)31-13-10-3;/h40,42-43,45H,5,8-39H2,1-4,6-7H3;1H. The summed E-state index contributed by atoms with van der Waals surface area (Å²) in [4.78, 5) is 14.9. The van der Waals surface area contributed by atoms with E-state index in [1.54, 1.807) is 0 Å². The number of unbranched alkanes of at least 4 members (excludes halogenated alkanes) is 17. The normalized spacial score (nSPS) is 12.9. The predicted molar refractivity (Wildman–Crippen MR) is 218 cm³/mol. The predicted octanol–water partition coefficient (Wildman–Crippen LogP) is 13.3. The molecular formula is C44H90N2O3. The van der Waals surface area contributed by atoms with Gasteiger partial charge in [0.1, 0.15) is 6.10 Å². The van der Waals surface area contributed by atoms with Gasteiger partial charge in [-0.2, -0.15) is 0 Å². The van der Waals surface area contributed by atoms with Crippen molar-refractivity contribution in [1.29, 1.82) is 0 Å². The third-order valence-electron chi connectivity index (χ3n) is 10.0. The molecule has 0 saturated carbocycles. The van der Waals surface area contributed by atoms with Crippen molar-refractivity contribution < 1.29 is 15.7 Å². The molecule has 0 radical (unpaired) electrons. The molecule has 0 fully saturated rings. The second-order valence-electron chi connectivity index (χ2n) is 15.5.